The molecule has 0 aliphatic carbocycles. The third-order valence-corrected chi connectivity index (χ3v) is 4.58. The summed E-state index contributed by atoms with van der Waals surface area (Å²) in [5, 5.41) is 12.7. The van der Waals surface area contributed by atoms with Crippen molar-refractivity contribution in [3.05, 3.63) is 0 Å². The van der Waals surface area contributed by atoms with Crippen LogP contribution in [0.25, 0.3) is 0 Å². The summed E-state index contributed by atoms with van der Waals surface area (Å²) in [4.78, 5) is 2.63. The average Bonchev–Trinajstić information content (AvgIpc) is 2.40. The molecule has 2 unspecified atom stereocenters. The van der Waals surface area contributed by atoms with Gasteiger partial charge in [-0.3, -0.25) is 0 Å². The van der Waals surface area contributed by atoms with Gasteiger partial charge in [-0.2, -0.15) is 0 Å². The first kappa shape index (κ1) is 16.9. The molecule has 0 saturated carbocycles. The second-order valence-electron chi connectivity index (χ2n) is 6.60. The molecule has 1 saturated heterocycles. The largest absolute Gasteiger partial charge is 0.396 e. The van der Waals surface area contributed by atoms with Gasteiger partial charge in [0.25, 0.3) is 0 Å². The zero-order valence-corrected chi connectivity index (χ0v) is 13.2. The van der Waals surface area contributed by atoms with E-state index in [1.165, 1.54) is 45.3 Å². The Hall–Kier alpha value is -0.120. The minimum atomic E-state index is 0.349. The van der Waals surface area contributed by atoms with Crippen LogP contribution in [0.15, 0.2) is 0 Å². The third-order valence-electron chi connectivity index (χ3n) is 4.58. The first-order valence-corrected chi connectivity index (χ1v) is 8.17. The lowest BCUT2D eigenvalue weighted by Gasteiger charge is -2.39. The van der Waals surface area contributed by atoms with E-state index in [4.69, 9.17) is 5.11 Å². The number of nitrogens with zero attached hydrogens (tertiary/aromatic N) is 1. The molecule has 2 N–H and O–H groups in total. The smallest absolute Gasteiger partial charge is 0.0434 e. The van der Waals surface area contributed by atoms with Crippen molar-refractivity contribution in [1.29, 1.82) is 0 Å². The van der Waals surface area contributed by atoms with Crippen LogP contribution in [0.3, 0.4) is 0 Å². The molecule has 0 bridgehead atoms. The van der Waals surface area contributed by atoms with Gasteiger partial charge in [0, 0.05) is 26.2 Å². The number of likely N-dealkylation sites (tertiary alicyclic amines) is 1. The number of piperidine rings is 1. The van der Waals surface area contributed by atoms with Crippen molar-refractivity contribution in [3.8, 4) is 0 Å². The fourth-order valence-electron chi connectivity index (χ4n) is 3.11. The van der Waals surface area contributed by atoms with Crippen molar-refractivity contribution in [2.24, 2.45) is 11.3 Å². The third kappa shape index (κ3) is 6.24. The summed E-state index contributed by atoms with van der Waals surface area (Å²) in [5.41, 5.74) is 0.385. The summed E-state index contributed by atoms with van der Waals surface area (Å²) in [5.74, 6) is 0.712. The van der Waals surface area contributed by atoms with E-state index in [0.717, 1.165) is 19.5 Å². The van der Waals surface area contributed by atoms with Crippen LogP contribution >= 0.6 is 0 Å². The molecule has 2 atom stereocenters. The summed E-state index contributed by atoms with van der Waals surface area (Å²) < 4.78 is 0. The molecule has 0 spiro atoms. The van der Waals surface area contributed by atoms with Gasteiger partial charge in [-0.25, -0.2) is 0 Å². The summed E-state index contributed by atoms with van der Waals surface area (Å²) in [6.45, 7) is 13.2. The van der Waals surface area contributed by atoms with Gasteiger partial charge in [-0.05, 0) is 56.5 Å². The van der Waals surface area contributed by atoms with Crippen LogP contribution in [-0.2, 0) is 0 Å². The molecule has 1 rings (SSSR count). The Morgan fingerprint density at radius 3 is 2.79 bits per heavy atom. The van der Waals surface area contributed by atoms with E-state index < -0.39 is 0 Å². The van der Waals surface area contributed by atoms with Crippen LogP contribution < -0.4 is 5.32 Å². The quantitative estimate of drug-likeness (QED) is 0.632. The molecule has 1 aliphatic heterocycles. The highest BCUT2D eigenvalue weighted by Crippen LogP contribution is 2.26. The molecule has 0 aromatic rings. The molecule has 0 aromatic heterocycles. The second kappa shape index (κ2) is 8.93. The molecule has 3 nitrogen and oxygen atoms in total. The van der Waals surface area contributed by atoms with E-state index in [1.54, 1.807) is 0 Å². The van der Waals surface area contributed by atoms with Crippen molar-refractivity contribution in [1.82, 2.24) is 10.2 Å². The van der Waals surface area contributed by atoms with Crippen molar-refractivity contribution >= 4 is 0 Å². The predicted octanol–water partition coefficient (Wildman–Crippen LogP) is 2.50. The van der Waals surface area contributed by atoms with Gasteiger partial charge in [0.1, 0.15) is 0 Å². The van der Waals surface area contributed by atoms with E-state index in [1.807, 2.05) is 0 Å². The Kier molecular flexibility index (Phi) is 7.96. The van der Waals surface area contributed by atoms with Gasteiger partial charge in [-0.1, -0.05) is 20.8 Å². The number of nitrogens with one attached hydrogen (secondary N) is 1. The number of aliphatic hydroxyl groups excluding tert-OH is 1. The number of rotatable bonds is 9. The minimum Gasteiger partial charge on any atom is -0.396 e. The number of hydrogen-bond acceptors (Lipinski definition) is 3. The summed E-state index contributed by atoms with van der Waals surface area (Å²) in [6, 6.07) is 0. The fourth-order valence-corrected chi connectivity index (χ4v) is 3.11. The number of aliphatic hydroxyl groups is 1. The highest BCUT2D eigenvalue weighted by molar-refractivity contribution is 4.82. The Morgan fingerprint density at radius 2 is 2.16 bits per heavy atom. The van der Waals surface area contributed by atoms with E-state index >= 15 is 0 Å². The summed E-state index contributed by atoms with van der Waals surface area (Å²) >= 11 is 0. The van der Waals surface area contributed by atoms with Crippen molar-refractivity contribution in [3.63, 3.8) is 0 Å². The van der Waals surface area contributed by atoms with E-state index in [9.17, 15) is 0 Å². The zero-order chi connectivity index (χ0) is 14.1. The predicted molar refractivity (Wildman–Crippen MR) is 82.4 cm³/mol. The molecule has 0 radical (unpaired) electrons. The highest BCUT2D eigenvalue weighted by atomic mass is 16.3. The van der Waals surface area contributed by atoms with Crippen LogP contribution in [0.4, 0.5) is 0 Å². The molecule has 3 heteroatoms. The topological polar surface area (TPSA) is 35.5 Å². The van der Waals surface area contributed by atoms with Crippen LogP contribution in [0.2, 0.25) is 0 Å². The molecule has 0 aromatic carbocycles. The van der Waals surface area contributed by atoms with Crippen LogP contribution in [0, 0.1) is 11.3 Å². The van der Waals surface area contributed by atoms with Crippen molar-refractivity contribution in [2.75, 3.05) is 39.3 Å². The van der Waals surface area contributed by atoms with Crippen molar-refractivity contribution < 1.29 is 5.11 Å². The Morgan fingerprint density at radius 1 is 1.37 bits per heavy atom. The molecular formula is C16H34N2O. The van der Waals surface area contributed by atoms with Gasteiger partial charge in [0.05, 0.1) is 0 Å². The van der Waals surface area contributed by atoms with Crippen molar-refractivity contribution in [2.45, 2.75) is 52.9 Å². The Balaban J connectivity index is 2.40. The van der Waals surface area contributed by atoms with Gasteiger partial charge in [0.2, 0.25) is 0 Å². The lowest BCUT2D eigenvalue weighted by Crippen LogP contribution is -2.46. The lowest BCUT2D eigenvalue weighted by atomic mass is 9.85. The van der Waals surface area contributed by atoms with Gasteiger partial charge in [0.15, 0.2) is 0 Å². The maximum Gasteiger partial charge on any atom is 0.0434 e. The maximum absolute atomic E-state index is 9.10. The van der Waals surface area contributed by atoms with Crippen LogP contribution in [0.5, 0.6) is 0 Å². The first-order chi connectivity index (χ1) is 9.13. The van der Waals surface area contributed by atoms with E-state index in [0.29, 0.717) is 17.9 Å². The molecule has 1 fully saturated rings. The van der Waals surface area contributed by atoms with Crippen LogP contribution in [0.1, 0.15) is 52.9 Å². The SMILES string of the molecule is CCCNCC(C)(CC)CN1CCCC(CCO)C1. The molecule has 114 valence electrons. The highest BCUT2D eigenvalue weighted by Gasteiger charge is 2.28. The molecule has 19 heavy (non-hydrogen) atoms. The summed E-state index contributed by atoms with van der Waals surface area (Å²) in [6.07, 6.45) is 6.02. The first-order valence-electron chi connectivity index (χ1n) is 8.17. The second-order valence-corrected chi connectivity index (χ2v) is 6.60. The zero-order valence-electron chi connectivity index (χ0n) is 13.2. The maximum atomic E-state index is 9.10. The van der Waals surface area contributed by atoms with Gasteiger partial charge >= 0.3 is 0 Å². The average molecular weight is 270 g/mol. The van der Waals surface area contributed by atoms with Crippen LogP contribution in [-0.4, -0.2) is 49.3 Å². The Bertz CT molecular complexity index is 233. The monoisotopic (exact) mass is 270 g/mol. The normalized spacial score (nSPS) is 24.3. The fraction of sp³-hybridized carbons (Fsp3) is 1.00. The minimum absolute atomic E-state index is 0.349. The molecular weight excluding hydrogens is 236 g/mol. The Labute approximate surface area is 119 Å². The van der Waals surface area contributed by atoms with Gasteiger partial charge < -0.3 is 15.3 Å². The summed E-state index contributed by atoms with van der Waals surface area (Å²) in [7, 11) is 0. The van der Waals surface area contributed by atoms with E-state index in [-0.39, 0.29) is 0 Å². The molecule has 1 aliphatic rings. The molecule has 1 heterocycles. The lowest BCUT2D eigenvalue weighted by molar-refractivity contribution is 0.0968. The molecule has 0 amide bonds. The van der Waals surface area contributed by atoms with Gasteiger partial charge in [-0.15, -0.1) is 0 Å². The standard InChI is InChI=1S/C16H34N2O/c1-4-9-17-13-16(3,5-2)14-18-10-6-7-15(12-18)8-11-19/h15,17,19H,4-14H2,1-3H3. The number of hydrogen-bond donors (Lipinski definition) is 2. The van der Waals surface area contributed by atoms with E-state index in [2.05, 4.69) is 31.0 Å².